The fraction of sp³-hybridized carbons (Fsp3) is 0.310. The van der Waals surface area contributed by atoms with Gasteiger partial charge in [0.25, 0.3) is 0 Å². The van der Waals surface area contributed by atoms with Crippen LogP contribution in [0.5, 0.6) is 0 Å². The van der Waals surface area contributed by atoms with Crippen molar-refractivity contribution in [3.63, 3.8) is 0 Å². The number of aryl methyl sites for hydroxylation is 1. The smallest absolute Gasteiger partial charge is 0.243 e. The van der Waals surface area contributed by atoms with Gasteiger partial charge in [0.1, 0.15) is 11.9 Å². The first-order chi connectivity index (χ1) is 16.4. The van der Waals surface area contributed by atoms with Crippen molar-refractivity contribution in [2.75, 3.05) is 0 Å². The molecule has 0 spiro atoms. The molecule has 3 rings (SSSR count). The molecule has 0 aliphatic rings. The van der Waals surface area contributed by atoms with Crippen molar-refractivity contribution in [2.24, 2.45) is 0 Å². The van der Waals surface area contributed by atoms with Crippen LogP contribution >= 0.6 is 0 Å². The molecule has 0 saturated heterocycles. The molecule has 3 aromatic carbocycles. The van der Waals surface area contributed by atoms with E-state index in [1.165, 1.54) is 6.07 Å². The Labute approximate surface area is 201 Å². The Morgan fingerprint density at radius 2 is 1.62 bits per heavy atom. The zero-order chi connectivity index (χ0) is 24.5. The summed E-state index contributed by atoms with van der Waals surface area (Å²) in [4.78, 5) is 28.7. The predicted molar refractivity (Wildman–Crippen MR) is 134 cm³/mol. The second kappa shape index (κ2) is 12.1. The first-order valence-electron chi connectivity index (χ1n) is 11.8. The third-order valence-electron chi connectivity index (χ3n) is 6.01. The van der Waals surface area contributed by atoms with Gasteiger partial charge in [-0.25, -0.2) is 4.39 Å². The van der Waals surface area contributed by atoms with Gasteiger partial charge < -0.3 is 10.2 Å². The molecule has 2 amide bonds. The Morgan fingerprint density at radius 1 is 0.941 bits per heavy atom. The first-order valence-corrected chi connectivity index (χ1v) is 11.8. The van der Waals surface area contributed by atoms with E-state index in [4.69, 9.17) is 0 Å². The molecule has 0 aliphatic heterocycles. The monoisotopic (exact) mass is 460 g/mol. The van der Waals surface area contributed by atoms with Crippen molar-refractivity contribution < 1.29 is 14.0 Å². The van der Waals surface area contributed by atoms with E-state index in [2.05, 4.69) is 5.32 Å². The number of benzene rings is 3. The molecule has 0 radical (unpaired) electrons. The zero-order valence-corrected chi connectivity index (χ0v) is 20.1. The lowest BCUT2D eigenvalue weighted by atomic mass is 10.0. The van der Waals surface area contributed by atoms with Crippen LogP contribution in [-0.2, 0) is 29.0 Å². The van der Waals surface area contributed by atoms with Crippen LogP contribution in [0.1, 0.15) is 42.5 Å². The van der Waals surface area contributed by atoms with Crippen molar-refractivity contribution in [3.8, 4) is 0 Å². The summed E-state index contributed by atoms with van der Waals surface area (Å²) < 4.78 is 14.4. The summed E-state index contributed by atoms with van der Waals surface area (Å²) >= 11 is 0. The predicted octanol–water partition coefficient (Wildman–Crippen LogP) is 5.23. The van der Waals surface area contributed by atoms with Gasteiger partial charge in [-0.05, 0) is 43.0 Å². The molecular formula is C29H33FN2O2. The summed E-state index contributed by atoms with van der Waals surface area (Å²) in [6.45, 7) is 6.21. The van der Waals surface area contributed by atoms with Crippen LogP contribution in [0, 0.1) is 12.7 Å². The highest BCUT2D eigenvalue weighted by molar-refractivity contribution is 5.89. The van der Waals surface area contributed by atoms with Crippen LogP contribution in [0.3, 0.4) is 0 Å². The number of halogens is 1. The van der Waals surface area contributed by atoms with E-state index >= 15 is 0 Å². The third-order valence-corrected chi connectivity index (χ3v) is 6.01. The van der Waals surface area contributed by atoms with E-state index in [1.54, 1.807) is 23.1 Å². The third kappa shape index (κ3) is 7.01. The maximum atomic E-state index is 14.4. The summed E-state index contributed by atoms with van der Waals surface area (Å²) in [5.41, 5.74) is 3.28. The van der Waals surface area contributed by atoms with E-state index in [0.717, 1.165) is 23.1 Å². The average molecular weight is 461 g/mol. The van der Waals surface area contributed by atoms with Crippen LogP contribution < -0.4 is 5.32 Å². The quantitative estimate of drug-likeness (QED) is 0.450. The largest absolute Gasteiger partial charge is 0.352 e. The molecule has 0 saturated carbocycles. The van der Waals surface area contributed by atoms with Crippen LogP contribution in [-0.4, -0.2) is 28.8 Å². The number of hydrogen-bond donors (Lipinski definition) is 1. The molecule has 1 N–H and O–H groups in total. The standard InChI is InChI=1S/C29H33FN2O2/c1-4-22(3)31-29(34)27(18-23-12-6-5-7-13-23)32(20-24-14-10-11-21(2)17-24)28(33)19-25-15-8-9-16-26(25)30/h5-17,22,27H,4,18-20H2,1-3H3,(H,31,34)/t22-,27-/m1/s1. The van der Waals surface area contributed by atoms with Crippen molar-refractivity contribution >= 4 is 11.8 Å². The molecule has 3 aromatic rings. The zero-order valence-electron chi connectivity index (χ0n) is 20.1. The molecule has 0 aliphatic carbocycles. The maximum absolute atomic E-state index is 14.4. The van der Waals surface area contributed by atoms with E-state index in [1.807, 2.05) is 75.4 Å². The minimum atomic E-state index is -0.726. The Hall–Kier alpha value is -3.47. The van der Waals surface area contributed by atoms with Crippen molar-refractivity contribution in [1.82, 2.24) is 10.2 Å². The lowest BCUT2D eigenvalue weighted by Crippen LogP contribution is -2.52. The molecule has 0 aromatic heterocycles. The Morgan fingerprint density at radius 3 is 2.29 bits per heavy atom. The van der Waals surface area contributed by atoms with Crippen LogP contribution in [0.4, 0.5) is 4.39 Å². The van der Waals surface area contributed by atoms with Gasteiger partial charge in [-0.1, -0.05) is 85.3 Å². The van der Waals surface area contributed by atoms with Crippen molar-refractivity contribution in [3.05, 3.63) is 107 Å². The van der Waals surface area contributed by atoms with E-state index in [9.17, 15) is 14.0 Å². The Bertz CT molecular complexity index is 1100. The number of rotatable bonds is 10. The Kier molecular flexibility index (Phi) is 8.97. The van der Waals surface area contributed by atoms with Crippen molar-refractivity contribution in [1.29, 1.82) is 0 Å². The molecule has 0 fully saturated rings. The minimum absolute atomic E-state index is 0.0201. The van der Waals surface area contributed by atoms with E-state index in [-0.39, 0.29) is 30.8 Å². The lowest BCUT2D eigenvalue weighted by Gasteiger charge is -2.32. The van der Waals surface area contributed by atoms with Gasteiger partial charge in [0.05, 0.1) is 6.42 Å². The molecule has 0 bridgehead atoms. The van der Waals surface area contributed by atoms with Gasteiger partial charge in [-0.15, -0.1) is 0 Å². The fourth-order valence-corrected chi connectivity index (χ4v) is 3.91. The van der Waals surface area contributed by atoms with Crippen molar-refractivity contribution in [2.45, 2.75) is 58.7 Å². The fourth-order valence-electron chi connectivity index (χ4n) is 3.91. The summed E-state index contributed by atoms with van der Waals surface area (Å²) in [5.74, 6) is -0.908. The maximum Gasteiger partial charge on any atom is 0.243 e. The summed E-state index contributed by atoms with van der Waals surface area (Å²) in [7, 11) is 0. The Balaban J connectivity index is 1.98. The highest BCUT2D eigenvalue weighted by Gasteiger charge is 2.31. The first kappa shape index (κ1) is 25.2. The molecule has 2 atom stereocenters. The summed E-state index contributed by atoms with van der Waals surface area (Å²) in [5, 5.41) is 3.05. The SMILES string of the molecule is CC[C@@H](C)NC(=O)[C@@H](Cc1ccccc1)N(Cc1cccc(C)c1)C(=O)Cc1ccccc1F. The van der Waals surface area contributed by atoms with Gasteiger partial charge in [0.15, 0.2) is 0 Å². The van der Waals surface area contributed by atoms with Gasteiger partial charge in [0, 0.05) is 19.0 Å². The van der Waals surface area contributed by atoms with Gasteiger partial charge in [-0.3, -0.25) is 9.59 Å². The molecule has 178 valence electrons. The molecule has 0 heterocycles. The minimum Gasteiger partial charge on any atom is -0.352 e. The summed E-state index contributed by atoms with van der Waals surface area (Å²) in [6.07, 6.45) is 1.04. The second-order valence-electron chi connectivity index (χ2n) is 8.80. The van der Waals surface area contributed by atoms with Gasteiger partial charge >= 0.3 is 0 Å². The highest BCUT2D eigenvalue weighted by atomic mass is 19.1. The number of nitrogens with one attached hydrogen (secondary N) is 1. The van der Waals surface area contributed by atoms with E-state index in [0.29, 0.717) is 12.0 Å². The molecule has 34 heavy (non-hydrogen) atoms. The lowest BCUT2D eigenvalue weighted by molar-refractivity contribution is -0.141. The average Bonchev–Trinajstić information content (AvgIpc) is 2.83. The normalized spacial score (nSPS) is 12.6. The number of amides is 2. The highest BCUT2D eigenvalue weighted by Crippen LogP contribution is 2.18. The summed E-state index contributed by atoms with van der Waals surface area (Å²) in [6, 6.07) is 23.1. The van der Waals surface area contributed by atoms with Gasteiger partial charge in [-0.2, -0.15) is 0 Å². The molecular weight excluding hydrogens is 427 g/mol. The van der Waals surface area contributed by atoms with Crippen LogP contribution in [0.25, 0.3) is 0 Å². The van der Waals surface area contributed by atoms with Gasteiger partial charge in [0.2, 0.25) is 11.8 Å². The van der Waals surface area contributed by atoms with Crippen LogP contribution in [0.15, 0.2) is 78.9 Å². The van der Waals surface area contributed by atoms with E-state index < -0.39 is 11.9 Å². The number of nitrogens with zero attached hydrogens (tertiary/aromatic N) is 1. The molecule has 4 nitrogen and oxygen atoms in total. The second-order valence-corrected chi connectivity index (χ2v) is 8.80. The number of carbonyl (C=O) groups is 2. The van der Waals surface area contributed by atoms with Crippen LogP contribution in [0.2, 0.25) is 0 Å². The number of hydrogen-bond acceptors (Lipinski definition) is 2. The molecule has 0 unspecified atom stereocenters. The molecule has 5 heteroatoms. The number of carbonyl (C=O) groups excluding carboxylic acids is 2. The topological polar surface area (TPSA) is 49.4 Å².